The number of rotatable bonds is 5. The van der Waals surface area contributed by atoms with Gasteiger partial charge in [-0.15, -0.1) is 0 Å². The van der Waals surface area contributed by atoms with Crippen molar-refractivity contribution in [3.63, 3.8) is 0 Å². The fourth-order valence-electron chi connectivity index (χ4n) is 2.52. The minimum atomic E-state index is -3.63. The second kappa shape index (κ2) is 6.91. The highest BCUT2D eigenvalue weighted by Crippen LogP contribution is 2.25. The molecule has 1 N–H and O–H groups in total. The van der Waals surface area contributed by atoms with E-state index in [2.05, 4.69) is 32.6 Å². The fourth-order valence-corrected chi connectivity index (χ4v) is 4.04. The van der Waals surface area contributed by atoms with E-state index < -0.39 is 10.0 Å². The first-order valence-electron chi connectivity index (χ1n) is 7.65. The van der Waals surface area contributed by atoms with Crippen molar-refractivity contribution in [1.29, 1.82) is 0 Å². The van der Waals surface area contributed by atoms with Crippen molar-refractivity contribution in [2.45, 2.75) is 24.7 Å². The van der Waals surface area contributed by atoms with Gasteiger partial charge in [-0.3, -0.25) is 9.71 Å². The lowest BCUT2D eigenvalue weighted by atomic mass is 10.1. The van der Waals surface area contributed by atoms with Crippen molar-refractivity contribution in [2.75, 3.05) is 4.72 Å². The Bertz CT molecular complexity index is 970. The van der Waals surface area contributed by atoms with Crippen molar-refractivity contribution in [3.8, 4) is 0 Å². The van der Waals surface area contributed by atoms with Crippen LogP contribution in [0.15, 0.2) is 64.1 Å². The molecule has 6 heteroatoms. The van der Waals surface area contributed by atoms with Crippen LogP contribution in [0, 0.1) is 0 Å². The molecule has 0 aliphatic carbocycles. The average Bonchev–Trinajstić information content (AvgIpc) is 2.55. The molecule has 0 aliphatic heterocycles. The summed E-state index contributed by atoms with van der Waals surface area (Å²) in [6.45, 7) is 2.09. The largest absolute Gasteiger partial charge is 0.278 e. The molecule has 3 rings (SSSR count). The van der Waals surface area contributed by atoms with E-state index in [1.807, 2.05) is 30.3 Å². The van der Waals surface area contributed by atoms with E-state index in [0.29, 0.717) is 5.69 Å². The number of nitrogens with zero attached hydrogens (tertiary/aromatic N) is 1. The van der Waals surface area contributed by atoms with Crippen LogP contribution < -0.4 is 4.72 Å². The number of fused-ring (bicyclic) bond motifs is 1. The maximum absolute atomic E-state index is 12.5. The Kier molecular flexibility index (Phi) is 4.87. The summed E-state index contributed by atoms with van der Waals surface area (Å²) in [5, 5.41) is 0.864. The molecule has 124 valence electrons. The maximum atomic E-state index is 12.5. The second-order valence-corrected chi connectivity index (χ2v) is 8.07. The Morgan fingerprint density at radius 3 is 2.58 bits per heavy atom. The molecule has 0 aliphatic rings. The number of nitrogens with one attached hydrogen (secondary N) is 1. The molecule has 0 saturated heterocycles. The first-order valence-corrected chi connectivity index (χ1v) is 9.93. The highest BCUT2D eigenvalue weighted by atomic mass is 79.9. The Morgan fingerprint density at radius 2 is 1.88 bits per heavy atom. The predicted molar refractivity (Wildman–Crippen MR) is 101 cm³/mol. The third-order valence-electron chi connectivity index (χ3n) is 3.69. The standard InChI is InChI=1S/C18H17BrN2O2S/c1-2-4-13-7-9-16(10-8-13)24(22,23)21-15-11-14-5-3-6-17(19)18(14)20-12-15/h3,5-12,21H,2,4H2,1H3. The summed E-state index contributed by atoms with van der Waals surface area (Å²) in [7, 11) is -3.63. The topological polar surface area (TPSA) is 59.1 Å². The zero-order valence-corrected chi connectivity index (χ0v) is 15.6. The molecule has 1 aromatic heterocycles. The molecule has 1 heterocycles. The van der Waals surface area contributed by atoms with Crippen molar-refractivity contribution in [3.05, 3.63) is 64.8 Å². The van der Waals surface area contributed by atoms with Gasteiger partial charge < -0.3 is 0 Å². The van der Waals surface area contributed by atoms with Crippen LogP contribution in [-0.2, 0) is 16.4 Å². The normalized spacial score (nSPS) is 11.6. The molecule has 0 radical (unpaired) electrons. The molecule has 2 aromatic carbocycles. The molecule has 4 nitrogen and oxygen atoms in total. The number of para-hydroxylation sites is 1. The summed E-state index contributed by atoms with van der Waals surface area (Å²) in [5.74, 6) is 0. The number of pyridine rings is 1. The fraction of sp³-hybridized carbons (Fsp3) is 0.167. The van der Waals surface area contributed by atoms with Crippen LogP contribution >= 0.6 is 15.9 Å². The van der Waals surface area contributed by atoms with Crippen molar-refractivity contribution in [2.24, 2.45) is 0 Å². The molecule has 0 amide bonds. The van der Waals surface area contributed by atoms with Gasteiger partial charge in [0.15, 0.2) is 0 Å². The van der Waals surface area contributed by atoms with Gasteiger partial charge >= 0.3 is 0 Å². The van der Waals surface area contributed by atoms with E-state index in [9.17, 15) is 8.42 Å². The molecule has 0 unspecified atom stereocenters. The number of sulfonamides is 1. The highest BCUT2D eigenvalue weighted by molar-refractivity contribution is 9.10. The predicted octanol–water partition coefficient (Wildman–Crippen LogP) is 4.75. The lowest BCUT2D eigenvalue weighted by Crippen LogP contribution is -2.13. The maximum Gasteiger partial charge on any atom is 0.261 e. The number of aromatic nitrogens is 1. The van der Waals surface area contributed by atoms with Gasteiger partial charge in [0.2, 0.25) is 0 Å². The summed E-state index contributed by atoms with van der Waals surface area (Å²) >= 11 is 3.44. The van der Waals surface area contributed by atoms with Crippen LogP contribution in [0.4, 0.5) is 5.69 Å². The zero-order chi connectivity index (χ0) is 17.2. The molecule has 0 spiro atoms. The minimum Gasteiger partial charge on any atom is -0.278 e. The molecule has 0 atom stereocenters. The molecule has 0 saturated carbocycles. The molecule has 0 bridgehead atoms. The molecular weight excluding hydrogens is 388 g/mol. The number of aryl methyl sites for hydroxylation is 1. The summed E-state index contributed by atoms with van der Waals surface area (Å²) < 4.78 is 28.5. The number of halogens is 1. The smallest absolute Gasteiger partial charge is 0.261 e. The second-order valence-electron chi connectivity index (χ2n) is 5.53. The van der Waals surface area contributed by atoms with Crippen LogP contribution in [0.1, 0.15) is 18.9 Å². The summed E-state index contributed by atoms with van der Waals surface area (Å²) in [6.07, 6.45) is 3.50. The summed E-state index contributed by atoms with van der Waals surface area (Å²) in [6, 6.07) is 14.4. The van der Waals surface area contributed by atoms with Gasteiger partial charge in [-0.05, 0) is 52.2 Å². The van der Waals surface area contributed by atoms with Crippen molar-refractivity contribution in [1.82, 2.24) is 4.98 Å². The lowest BCUT2D eigenvalue weighted by molar-refractivity contribution is 0.601. The molecule has 24 heavy (non-hydrogen) atoms. The third kappa shape index (κ3) is 3.60. The Balaban J connectivity index is 1.88. The van der Waals surface area contributed by atoms with E-state index >= 15 is 0 Å². The number of hydrogen-bond donors (Lipinski definition) is 1. The third-order valence-corrected chi connectivity index (χ3v) is 5.72. The van der Waals surface area contributed by atoms with Crippen molar-refractivity contribution >= 4 is 42.5 Å². The van der Waals surface area contributed by atoms with Gasteiger partial charge in [0, 0.05) is 9.86 Å². The van der Waals surface area contributed by atoms with Crippen LogP contribution in [0.3, 0.4) is 0 Å². The quantitative estimate of drug-likeness (QED) is 0.667. The SMILES string of the molecule is CCCc1ccc(S(=O)(=O)Nc2cnc3c(Br)cccc3c2)cc1. The lowest BCUT2D eigenvalue weighted by Gasteiger charge is -2.09. The highest BCUT2D eigenvalue weighted by Gasteiger charge is 2.14. The Labute approximate surface area is 150 Å². The van der Waals surface area contributed by atoms with Gasteiger partial charge in [-0.2, -0.15) is 0 Å². The Morgan fingerprint density at radius 1 is 1.12 bits per heavy atom. The number of anilines is 1. The van der Waals surface area contributed by atoms with Crippen molar-refractivity contribution < 1.29 is 8.42 Å². The number of hydrogen-bond acceptors (Lipinski definition) is 3. The Hall–Kier alpha value is -1.92. The van der Waals surface area contributed by atoms with Gasteiger partial charge in [0.25, 0.3) is 10.0 Å². The van der Waals surface area contributed by atoms with E-state index in [4.69, 9.17) is 0 Å². The van der Waals surface area contributed by atoms with Crippen LogP contribution in [0.2, 0.25) is 0 Å². The van der Waals surface area contributed by atoms with Crippen LogP contribution in [-0.4, -0.2) is 13.4 Å². The van der Waals surface area contributed by atoms with Gasteiger partial charge in [0.1, 0.15) is 0 Å². The molecular formula is C18H17BrN2O2S. The number of benzene rings is 2. The zero-order valence-electron chi connectivity index (χ0n) is 13.2. The first-order chi connectivity index (χ1) is 11.5. The average molecular weight is 405 g/mol. The minimum absolute atomic E-state index is 0.247. The van der Waals surface area contributed by atoms with Gasteiger partial charge in [-0.1, -0.05) is 37.6 Å². The molecule has 3 aromatic rings. The van der Waals surface area contributed by atoms with E-state index in [1.54, 1.807) is 18.2 Å². The summed E-state index contributed by atoms with van der Waals surface area (Å²) in [4.78, 5) is 4.57. The van der Waals surface area contributed by atoms with E-state index in [-0.39, 0.29) is 4.90 Å². The molecule has 0 fully saturated rings. The van der Waals surface area contributed by atoms with E-state index in [1.165, 1.54) is 6.20 Å². The summed E-state index contributed by atoms with van der Waals surface area (Å²) in [5.41, 5.74) is 2.37. The van der Waals surface area contributed by atoms with Crippen LogP contribution in [0.25, 0.3) is 10.9 Å². The van der Waals surface area contributed by atoms with E-state index in [0.717, 1.165) is 33.8 Å². The van der Waals surface area contributed by atoms with Gasteiger partial charge in [0.05, 0.1) is 22.3 Å². The van der Waals surface area contributed by atoms with Crippen LogP contribution in [0.5, 0.6) is 0 Å². The van der Waals surface area contributed by atoms with Gasteiger partial charge in [-0.25, -0.2) is 8.42 Å². The first kappa shape index (κ1) is 16.9. The monoisotopic (exact) mass is 404 g/mol.